The zero-order valence-corrected chi connectivity index (χ0v) is 15.3. The van der Waals surface area contributed by atoms with Crippen molar-refractivity contribution in [3.8, 4) is 0 Å². The van der Waals surface area contributed by atoms with Gasteiger partial charge in [0.2, 0.25) is 5.91 Å². The number of hydrogen-bond acceptors (Lipinski definition) is 3. The highest BCUT2D eigenvalue weighted by molar-refractivity contribution is 6.02. The van der Waals surface area contributed by atoms with E-state index in [-0.39, 0.29) is 30.8 Å². The molecule has 6 heteroatoms. The maximum atomic E-state index is 12.5. The van der Waals surface area contributed by atoms with Gasteiger partial charge in [-0.25, -0.2) is 4.79 Å². The number of amides is 4. The number of nitrogens with one attached hydrogen (secondary N) is 2. The molecule has 0 spiro atoms. The molecule has 0 aliphatic carbocycles. The lowest BCUT2D eigenvalue weighted by atomic mass is 9.96. The fourth-order valence-electron chi connectivity index (χ4n) is 3.15. The van der Waals surface area contributed by atoms with E-state index in [9.17, 15) is 14.4 Å². The van der Waals surface area contributed by atoms with E-state index in [1.807, 2.05) is 18.2 Å². The molecule has 1 unspecified atom stereocenters. The van der Waals surface area contributed by atoms with Gasteiger partial charge in [-0.1, -0.05) is 49.4 Å². The topological polar surface area (TPSA) is 78.5 Å². The van der Waals surface area contributed by atoms with Gasteiger partial charge in [0, 0.05) is 18.0 Å². The Hall–Kier alpha value is -3.15. The highest BCUT2D eigenvalue weighted by atomic mass is 16.2. The van der Waals surface area contributed by atoms with Crippen LogP contribution in [0.1, 0.15) is 40.7 Å². The molecule has 4 amide bonds. The van der Waals surface area contributed by atoms with E-state index in [2.05, 4.69) is 29.7 Å². The summed E-state index contributed by atoms with van der Waals surface area (Å²) in [6.07, 6.45) is 0.927. The largest absolute Gasteiger partial charge is 0.351 e. The Morgan fingerprint density at radius 2 is 1.93 bits per heavy atom. The molecule has 140 valence electrons. The Balaban J connectivity index is 1.63. The second kappa shape index (κ2) is 8.49. The van der Waals surface area contributed by atoms with Crippen molar-refractivity contribution in [1.29, 1.82) is 0 Å². The van der Waals surface area contributed by atoms with Crippen molar-refractivity contribution in [2.24, 2.45) is 0 Å². The van der Waals surface area contributed by atoms with Crippen molar-refractivity contribution in [1.82, 2.24) is 15.5 Å². The lowest BCUT2D eigenvalue weighted by Crippen LogP contribution is -2.31. The van der Waals surface area contributed by atoms with E-state index in [1.165, 1.54) is 5.56 Å². The molecule has 1 heterocycles. The molecule has 1 fully saturated rings. The minimum Gasteiger partial charge on any atom is -0.351 e. The van der Waals surface area contributed by atoms with E-state index in [0.29, 0.717) is 12.1 Å². The summed E-state index contributed by atoms with van der Waals surface area (Å²) in [5, 5.41) is 5.48. The van der Waals surface area contributed by atoms with Crippen molar-refractivity contribution in [2.45, 2.75) is 25.8 Å². The van der Waals surface area contributed by atoms with Gasteiger partial charge >= 0.3 is 6.03 Å². The zero-order valence-electron chi connectivity index (χ0n) is 15.3. The summed E-state index contributed by atoms with van der Waals surface area (Å²) >= 11 is 0. The summed E-state index contributed by atoms with van der Waals surface area (Å²) in [7, 11) is 0. The summed E-state index contributed by atoms with van der Waals surface area (Å²) in [6.45, 7) is 2.84. The number of benzene rings is 2. The summed E-state index contributed by atoms with van der Waals surface area (Å²) in [4.78, 5) is 37.1. The number of urea groups is 1. The van der Waals surface area contributed by atoms with E-state index in [0.717, 1.165) is 16.9 Å². The summed E-state index contributed by atoms with van der Waals surface area (Å²) in [5.41, 5.74) is 2.46. The van der Waals surface area contributed by atoms with Crippen molar-refractivity contribution in [2.75, 3.05) is 13.1 Å². The number of hydrogen-bond donors (Lipinski definition) is 2. The van der Waals surface area contributed by atoms with Crippen LogP contribution in [0.15, 0.2) is 54.6 Å². The molecule has 1 aliphatic rings. The molecule has 1 aliphatic heterocycles. The Morgan fingerprint density at radius 3 is 2.59 bits per heavy atom. The van der Waals surface area contributed by atoms with Crippen LogP contribution < -0.4 is 10.6 Å². The summed E-state index contributed by atoms with van der Waals surface area (Å²) < 4.78 is 0. The van der Waals surface area contributed by atoms with Crippen LogP contribution in [0.3, 0.4) is 0 Å². The van der Waals surface area contributed by atoms with Crippen LogP contribution in [-0.4, -0.2) is 35.8 Å². The van der Waals surface area contributed by atoms with E-state index >= 15 is 0 Å². The van der Waals surface area contributed by atoms with Crippen LogP contribution in [0.5, 0.6) is 0 Å². The van der Waals surface area contributed by atoms with Gasteiger partial charge in [0.25, 0.3) is 5.91 Å². The van der Waals surface area contributed by atoms with Crippen LogP contribution in [0.2, 0.25) is 0 Å². The fourth-order valence-corrected chi connectivity index (χ4v) is 3.15. The Morgan fingerprint density at radius 1 is 1.15 bits per heavy atom. The minimum absolute atomic E-state index is 0.0247. The zero-order chi connectivity index (χ0) is 19.2. The molecule has 3 rings (SSSR count). The summed E-state index contributed by atoms with van der Waals surface area (Å²) in [5.74, 6) is -0.170. The van der Waals surface area contributed by atoms with Crippen molar-refractivity contribution >= 4 is 17.8 Å². The molecular weight excluding hydrogens is 342 g/mol. The maximum Gasteiger partial charge on any atom is 0.324 e. The minimum atomic E-state index is -0.400. The quantitative estimate of drug-likeness (QED) is 0.741. The first-order valence-corrected chi connectivity index (χ1v) is 9.08. The van der Waals surface area contributed by atoms with E-state index in [4.69, 9.17) is 0 Å². The van der Waals surface area contributed by atoms with Crippen LogP contribution in [-0.2, 0) is 11.3 Å². The van der Waals surface area contributed by atoms with E-state index in [1.54, 1.807) is 24.3 Å². The van der Waals surface area contributed by atoms with Crippen LogP contribution >= 0.6 is 0 Å². The van der Waals surface area contributed by atoms with Gasteiger partial charge < -0.3 is 10.6 Å². The third-order valence-corrected chi connectivity index (χ3v) is 4.74. The highest BCUT2D eigenvalue weighted by Crippen LogP contribution is 2.18. The Kier molecular flexibility index (Phi) is 5.86. The highest BCUT2D eigenvalue weighted by Gasteiger charge is 2.28. The number of nitrogens with zero attached hydrogens (tertiary/aromatic N) is 1. The third-order valence-electron chi connectivity index (χ3n) is 4.74. The molecule has 6 nitrogen and oxygen atoms in total. The molecule has 0 radical (unpaired) electrons. The number of rotatable bonds is 7. The molecule has 0 bridgehead atoms. The Labute approximate surface area is 158 Å². The lowest BCUT2D eigenvalue weighted by Gasteiger charge is -2.17. The summed E-state index contributed by atoms with van der Waals surface area (Å²) in [6, 6.07) is 16.7. The average molecular weight is 365 g/mol. The molecule has 1 saturated heterocycles. The van der Waals surface area contributed by atoms with E-state index < -0.39 is 6.03 Å². The van der Waals surface area contributed by atoms with Gasteiger partial charge in [-0.15, -0.1) is 0 Å². The van der Waals surface area contributed by atoms with Gasteiger partial charge in [-0.3, -0.25) is 14.5 Å². The third kappa shape index (κ3) is 4.53. The van der Waals surface area contributed by atoms with Crippen LogP contribution in [0.25, 0.3) is 0 Å². The second-order valence-corrected chi connectivity index (χ2v) is 6.56. The second-order valence-electron chi connectivity index (χ2n) is 6.56. The first-order valence-electron chi connectivity index (χ1n) is 9.08. The lowest BCUT2D eigenvalue weighted by molar-refractivity contribution is -0.125. The number of carbonyl (C=O) groups excluding carboxylic acids is 3. The predicted octanol–water partition coefficient (Wildman–Crippen LogP) is 2.66. The van der Waals surface area contributed by atoms with Crippen LogP contribution in [0.4, 0.5) is 4.79 Å². The molecule has 0 saturated carbocycles. The molecule has 2 N–H and O–H groups in total. The van der Waals surface area contributed by atoms with Gasteiger partial charge in [-0.05, 0) is 29.7 Å². The van der Waals surface area contributed by atoms with Gasteiger partial charge in [0.1, 0.15) is 0 Å². The standard InChI is InChI=1S/C21H23N3O3/c1-2-16(17-8-4-3-5-9-17)12-22-20(26)18-10-6-7-15(11-18)14-24-19(25)13-23-21(24)27/h3-11,16H,2,12-14H2,1H3,(H,22,26)(H,23,27). The maximum absolute atomic E-state index is 12.5. The van der Waals surface area contributed by atoms with Crippen molar-refractivity contribution < 1.29 is 14.4 Å². The first kappa shape index (κ1) is 18.6. The normalized spacial score (nSPS) is 14.8. The molecule has 27 heavy (non-hydrogen) atoms. The first-order chi connectivity index (χ1) is 13.1. The van der Waals surface area contributed by atoms with Gasteiger partial charge in [0.15, 0.2) is 0 Å². The predicted molar refractivity (Wildman–Crippen MR) is 102 cm³/mol. The smallest absolute Gasteiger partial charge is 0.324 e. The van der Waals surface area contributed by atoms with Gasteiger partial charge in [0.05, 0.1) is 13.1 Å². The monoisotopic (exact) mass is 365 g/mol. The molecular formula is C21H23N3O3. The number of carbonyl (C=O) groups is 3. The van der Waals surface area contributed by atoms with Gasteiger partial charge in [-0.2, -0.15) is 0 Å². The number of imide groups is 1. The van der Waals surface area contributed by atoms with Crippen LogP contribution in [0, 0.1) is 0 Å². The molecule has 2 aromatic carbocycles. The molecule has 2 aromatic rings. The molecule has 0 aromatic heterocycles. The molecule has 1 atom stereocenters. The van der Waals surface area contributed by atoms with Crippen molar-refractivity contribution in [3.63, 3.8) is 0 Å². The Bertz CT molecular complexity index is 820. The fraction of sp³-hybridized carbons (Fsp3) is 0.286. The SMILES string of the molecule is CCC(CNC(=O)c1cccc(CN2C(=O)CNC2=O)c1)c1ccccc1. The average Bonchev–Trinajstić information content (AvgIpc) is 3.01. The van der Waals surface area contributed by atoms with Crippen molar-refractivity contribution in [3.05, 3.63) is 71.3 Å².